The van der Waals surface area contributed by atoms with E-state index in [1.54, 1.807) is 37.1 Å². The third-order valence-corrected chi connectivity index (χ3v) is 4.80. The first-order valence-corrected chi connectivity index (χ1v) is 9.00. The molecule has 0 atom stereocenters. The van der Waals surface area contributed by atoms with Crippen LogP contribution in [0.25, 0.3) is 5.69 Å². The van der Waals surface area contributed by atoms with Crippen molar-refractivity contribution in [1.29, 1.82) is 0 Å². The van der Waals surface area contributed by atoms with Crippen molar-refractivity contribution in [3.05, 3.63) is 71.0 Å². The predicted octanol–water partition coefficient (Wildman–Crippen LogP) is 3.91. The molecular weight excluding hydrogens is 356 g/mol. The van der Waals surface area contributed by atoms with Crippen LogP contribution in [0.1, 0.15) is 15.9 Å². The molecule has 0 bridgehead atoms. The molecule has 1 heterocycles. The molecule has 0 aliphatic carbocycles. The fourth-order valence-electron chi connectivity index (χ4n) is 2.33. The van der Waals surface area contributed by atoms with Gasteiger partial charge < -0.3 is 4.90 Å². The van der Waals surface area contributed by atoms with E-state index in [9.17, 15) is 4.79 Å². The van der Waals surface area contributed by atoms with Crippen molar-refractivity contribution < 1.29 is 4.79 Å². The molecule has 0 unspecified atom stereocenters. The second-order valence-electron chi connectivity index (χ2n) is 5.65. The number of halogens is 1. The third kappa shape index (κ3) is 4.21. The molecule has 0 saturated carbocycles. The third-order valence-electron chi connectivity index (χ3n) is 3.55. The van der Waals surface area contributed by atoms with E-state index in [2.05, 4.69) is 10.2 Å². The number of carbonyl (C=O) groups excluding carboxylic acids is 1. The predicted molar refractivity (Wildman–Crippen MR) is 100 cm³/mol. The van der Waals surface area contributed by atoms with Crippen molar-refractivity contribution in [3.8, 4) is 5.69 Å². The largest absolute Gasteiger partial charge is 0.345 e. The summed E-state index contributed by atoms with van der Waals surface area (Å²) >= 11 is 7.62. The van der Waals surface area contributed by atoms with Crippen LogP contribution in [0.5, 0.6) is 0 Å². The van der Waals surface area contributed by atoms with Gasteiger partial charge in [0, 0.05) is 30.4 Å². The summed E-state index contributed by atoms with van der Waals surface area (Å²) in [6, 6.07) is 15.2. The lowest BCUT2D eigenvalue weighted by Gasteiger charge is -2.11. The highest BCUT2D eigenvalue weighted by atomic mass is 35.5. The van der Waals surface area contributed by atoms with Gasteiger partial charge in [-0.2, -0.15) is 0 Å². The number of carbonyl (C=O) groups is 1. The number of hydrogen-bond donors (Lipinski definition) is 0. The summed E-state index contributed by atoms with van der Waals surface area (Å²) in [5.74, 6) is 0.683. The molecule has 7 heteroatoms. The Balaban J connectivity index is 1.76. The van der Waals surface area contributed by atoms with Crippen LogP contribution in [0, 0.1) is 0 Å². The first-order valence-electron chi connectivity index (χ1n) is 7.64. The number of amides is 1. The van der Waals surface area contributed by atoms with E-state index in [0.29, 0.717) is 16.3 Å². The lowest BCUT2D eigenvalue weighted by molar-refractivity contribution is 0.0827. The molecule has 3 aromatic rings. The first kappa shape index (κ1) is 17.5. The van der Waals surface area contributed by atoms with E-state index >= 15 is 0 Å². The van der Waals surface area contributed by atoms with Crippen LogP contribution in [0.3, 0.4) is 0 Å². The Bertz CT molecular complexity index is 894. The van der Waals surface area contributed by atoms with Gasteiger partial charge in [0.1, 0.15) is 6.33 Å². The van der Waals surface area contributed by atoms with Gasteiger partial charge in [0.05, 0.1) is 5.69 Å². The molecule has 3 rings (SSSR count). The lowest BCUT2D eigenvalue weighted by atomic mass is 10.1. The van der Waals surface area contributed by atoms with E-state index in [4.69, 9.17) is 11.6 Å². The maximum Gasteiger partial charge on any atom is 0.253 e. The quantitative estimate of drug-likeness (QED) is 0.637. The molecule has 1 amide bonds. The average molecular weight is 373 g/mol. The molecule has 25 heavy (non-hydrogen) atoms. The smallest absolute Gasteiger partial charge is 0.253 e. The lowest BCUT2D eigenvalue weighted by Crippen LogP contribution is -2.21. The average Bonchev–Trinajstić information content (AvgIpc) is 3.08. The van der Waals surface area contributed by atoms with Gasteiger partial charge >= 0.3 is 0 Å². The summed E-state index contributed by atoms with van der Waals surface area (Å²) in [7, 11) is 3.49. The molecule has 0 spiro atoms. The van der Waals surface area contributed by atoms with Gasteiger partial charge in [0.25, 0.3) is 5.91 Å². The molecule has 0 N–H and O–H groups in total. The highest BCUT2D eigenvalue weighted by molar-refractivity contribution is 7.98. The van der Waals surface area contributed by atoms with Crippen molar-refractivity contribution >= 4 is 29.3 Å². The minimum atomic E-state index is -0.00561. The van der Waals surface area contributed by atoms with Gasteiger partial charge in [0.2, 0.25) is 0 Å². The highest BCUT2D eigenvalue weighted by Crippen LogP contribution is 2.25. The van der Waals surface area contributed by atoms with Gasteiger partial charge in [-0.15, -0.1) is 10.2 Å². The Kier molecular flexibility index (Phi) is 5.40. The van der Waals surface area contributed by atoms with Crippen LogP contribution in [0.15, 0.2) is 60.0 Å². The van der Waals surface area contributed by atoms with Crippen LogP contribution in [0.2, 0.25) is 5.02 Å². The maximum absolute atomic E-state index is 12.1. The summed E-state index contributed by atoms with van der Waals surface area (Å²) in [6.07, 6.45) is 1.67. The van der Waals surface area contributed by atoms with Crippen molar-refractivity contribution in [2.45, 2.75) is 10.9 Å². The Hall–Kier alpha value is -2.31. The summed E-state index contributed by atoms with van der Waals surface area (Å²) in [5.41, 5.74) is 2.65. The normalized spacial score (nSPS) is 10.7. The Labute approximate surface area is 155 Å². The molecule has 1 aromatic heterocycles. The van der Waals surface area contributed by atoms with E-state index in [0.717, 1.165) is 16.4 Å². The zero-order chi connectivity index (χ0) is 17.8. The fourth-order valence-corrected chi connectivity index (χ4v) is 3.38. The van der Waals surface area contributed by atoms with Crippen molar-refractivity contribution in [1.82, 2.24) is 19.7 Å². The van der Waals surface area contributed by atoms with Gasteiger partial charge in [-0.3, -0.25) is 9.36 Å². The Morgan fingerprint density at radius 2 is 2.00 bits per heavy atom. The molecular formula is C18H17ClN4OS. The van der Waals surface area contributed by atoms with Crippen LogP contribution in [-0.4, -0.2) is 39.7 Å². The summed E-state index contributed by atoms with van der Waals surface area (Å²) in [5, 5.41) is 9.61. The van der Waals surface area contributed by atoms with E-state index < -0.39 is 0 Å². The number of thioether (sulfide) groups is 1. The van der Waals surface area contributed by atoms with Crippen LogP contribution >= 0.6 is 23.4 Å². The molecule has 0 fully saturated rings. The first-order chi connectivity index (χ1) is 12.0. The molecule has 5 nitrogen and oxygen atoms in total. The molecule has 0 saturated heterocycles. The minimum absolute atomic E-state index is 0.00561. The highest BCUT2D eigenvalue weighted by Gasteiger charge is 2.11. The minimum Gasteiger partial charge on any atom is -0.345 e. The SMILES string of the molecule is CN(C)C(=O)c1cccc(CSc2nncn2-c2cccc(Cl)c2)c1. The van der Waals surface area contributed by atoms with Gasteiger partial charge in [-0.25, -0.2) is 0 Å². The van der Waals surface area contributed by atoms with Crippen molar-refractivity contribution in [3.63, 3.8) is 0 Å². The fraction of sp³-hybridized carbons (Fsp3) is 0.167. The van der Waals surface area contributed by atoms with E-state index in [1.807, 2.05) is 53.1 Å². The zero-order valence-corrected chi connectivity index (χ0v) is 15.5. The molecule has 0 aliphatic rings. The number of nitrogens with zero attached hydrogens (tertiary/aromatic N) is 4. The monoisotopic (exact) mass is 372 g/mol. The molecule has 128 valence electrons. The van der Waals surface area contributed by atoms with Gasteiger partial charge in [-0.05, 0) is 35.9 Å². The Morgan fingerprint density at radius 3 is 2.76 bits per heavy atom. The van der Waals surface area contributed by atoms with E-state index in [-0.39, 0.29) is 5.91 Å². The van der Waals surface area contributed by atoms with Gasteiger partial charge in [0.15, 0.2) is 5.16 Å². The topological polar surface area (TPSA) is 51.0 Å². The van der Waals surface area contributed by atoms with Crippen molar-refractivity contribution in [2.24, 2.45) is 0 Å². The number of benzene rings is 2. The second kappa shape index (κ2) is 7.72. The van der Waals surface area contributed by atoms with Crippen LogP contribution in [-0.2, 0) is 5.75 Å². The van der Waals surface area contributed by atoms with Gasteiger partial charge in [-0.1, -0.05) is 41.6 Å². The molecule has 0 aliphatic heterocycles. The van der Waals surface area contributed by atoms with Crippen LogP contribution < -0.4 is 0 Å². The number of hydrogen-bond acceptors (Lipinski definition) is 4. The van der Waals surface area contributed by atoms with E-state index in [1.165, 1.54) is 0 Å². The Morgan fingerprint density at radius 1 is 1.20 bits per heavy atom. The standard InChI is InChI=1S/C18H17ClN4OS/c1-22(2)17(24)14-6-3-5-13(9-14)11-25-18-21-20-12-23(18)16-8-4-7-15(19)10-16/h3-10,12H,11H2,1-2H3. The van der Waals surface area contributed by atoms with Crippen molar-refractivity contribution in [2.75, 3.05) is 14.1 Å². The number of aromatic nitrogens is 3. The molecule has 2 aromatic carbocycles. The summed E-state index contributed by atoms with van der Waals surface area (Å²) in [6.45, 7) is 0. The second-order valence-corrected chi connectivity index (χ2v) is 7.03. The number of rotatable bonds is 5. The van der Waals surface area contributed by atoms with Crippen LogP contribution in [0.4, 0.5) is 0 Å². The summed E-state index contributed by atoms with van der Waals surface area (Å²) < 4.78 is 1.89. The maximum atomic E-state index is 12.1. The zero-order valence-electron chi connectivity index (χ0n) is 13.9. The summed E-state index contributed by atoms with van der Waals surface area (Å²) in [4.78, 5) is 13.7. The molecule has 0 radical (unpaired) electrons.